The largest absolute Gasteiger partial charge is 0.274 e. The van der Waals surface area contributed by atoms with Crippen LogP contribution in [0, 0.1) is 39.2 Å². The quantitative estimate of drug-likeness (QED) is 0.337. The van der Waals surface area contributed by atoms with Crippen LogP contribution in [0.4, 0.5) is 11.4 Å². The zero-order valence-corrected chi connectivity index (χ0v) is 14.1. The Morgan fingerprint density at radius 2 is 1.71 bits per heavy atom. The van der Waals surface area contributed by atoms with Crippen molar-refractivity contribution < 1.29 is 14.5 Å². The van der Waals surface area contributed by atoms with Gasteiger partial charge in [0.15, 0.2) is 0 Å². The molecule has 2 amide bonds. The van der Waals surface area contributed by atoms with Gasteiger partial charge in [-0.15, -0.1) is 0 Å². The van der Waals surface area contributed by atoms with Gasteiger partial charge in [0.2, 0.25) is 11.8 Å². The van der Waals surface area contributed by atoms with Crippen molar-refractivity contribution >= 4 is 39.1 Å². The zero-order valence-electron chi connectivity index (χ0n) is 12.5. The molecule has 2 bridgehead atoms. The third-order valence-corrected chi connectivity index (χ3v) is 6.87. The molecule has 1 aromatic rings. The van der Waals surface area contributed by atoms with Crippen LogP contribution in [0.2, 0.25) is 0 Å². The van der Waals surface area contributed by atoms with Crippen molar-refractivity contribution in [3.8, 4) is 0 Å². The number of halogens is 1. The number of nitrogens with zero attached hydrogens (tertiary/aromatic N) is 2. The first-order chi connectivity index (χ1) is 11.5. The number of anilines is 1. The summed E-state index contributed by atoms with van der Waals surface area (Å²) in [6.45, 7) is 0. The van der Waals surface area contributed by atoms with Crippen LogP contribution in [-0.2, 0) is 9.59 Å². The lowest BCUT2D eigenvalue weighted by Crippen LogP contribution is -2.35. The number of hydrogen-bond acceptors (Lipinski definition) is 4. The van der Waals surface area contributed by atoms with Crippen molar-refractivity contribution in [3.63, 3.8) is 0 Å². The van der Waals surface area contributed by atoms with E-state index in [1.165, 1.54) is 23.1 Å². The van der Waals surface area contributed by atoms with Gasteiger partial charge in [-0.1, -0.05) is 12.2 Å². The molecular formula is C17H13BrN2O4. The summed E-state index contributed by atoms with van der Waals surface area (Å²) in [7, 11) is 0. The van der Waals surface area contributed by atoms with E-state index in [0.29, 0.717) is 10.2 Å². The van der Waals surface area contributed by atoms with E-state index in [-0.39, 0.29) is 46.6 Å². The van der Waals surface area contributed by atoms with Crippen LogP contribution in [-0.4, -0.2) is 16.7 Å². The van der Waals surface area contributed by atoms with Gasteiger partial charge in [0.05, 0.1) is 22.4 Å². The highest BCUT2D eigenvalue weighted by Gasteiger charge is 2.73. The molecule has 2 saturated carbocycles. The predicted molar refractivity (Wildman–Crippen MR) is 88.1 cm³/mol. The van der Waals surface area contributed by atoms with Crippen LogP contribution in [0.25, 0.3) is 0 Å². The molecule has 3 aliphatic carbocycles. The van der Waals surface area contributed by atoms with Crippen LogP contribution >= 0.6 is 15.9 Å². The summed E-state index contributed by atoms with van der Waals surface area (Å²) >= 11 is 3.27. The monoisotopic (exact) mass is 388 g/mol. The number of hydrogen-bond donors (Lipinski definition) is 0. The third-order valence-electron chi connectivity index (χ3n) is 6.24. The fraction of sp³-hybridized carbons (Fsp3) is 0.412. The SMILES string of the molecule is O=C1[C@H]2[C@H](C(=O)N1c1ccc([N+](=O)[O-])cc1Br)[C@H]1C=C[C@H]2C12CC2. The Labute approximate surface area is 145 Å². The molecular weight excluding hydrogens is 376 g/mol. The van der Waals surface area contributed by atoms with Gasteiger partial charge in [0.1, 0.15) is 0 Å². The summed E-state index contributed by atoms with van der Waals surface area (Å²) in [5.41, 5.74) is 0.484. The van der Waals surface area contributed by atoms with E-state index >= 15 is 0 Å². The van der Waals surface area contributed by atoms with Crippen molar-refractivity contribution in [2.24, 2.45) is 29.1 Å². The number of imide groups is 1. The zero-order chi connectivity index (χ0) is 16.8. The Morgan fingerprint density at radius 3 is 2.17 bits per heavy atom. The molecule has 0 unspecified atom stereocenters. The van der Waals surface area contributed by atoms with E-state index < -0.39 is 4.92 Å². The molecule has 4 atom stereocenters. The second kappa shape index (κ2) is 4.33. The lowest BCUT2D eigenvalue weighted by atomic mass is 9.85. The highest BCUT2D eigenvalue weighted by molar-refractivity contribution is 9.10. The fourth-order valence-electron chi connectivity index (χ4n) is 5.11. The van der Waals surface area contributed by atoms with Crippen molar-refractivity contribution in [2.75, 3.05) is 4.90 Å². The van der Waals surface area contributed by atoms with Gasteiger partial charge in [-0.05, 0) is 52.1 Å². The lowest BCUT2D eigenvalue weighted by Gasteiger charge is -2.22. The molecule has 122 valence electrons. The molecule has 1 saturated heterocycles. The van der Waals surface area contributed by atoms with Crippen LogP contribution in [0.5, 0.6) is 0 Å². The van der Waals surface area contributed by atoms with Crippen LogP contribution in [0.15, 0.2) is 34.8 Å². The Kier molecular flexibility index (Phi) is 2.59. The smallest absolute Gasteiger partial charge is 0.270 e. The maximum Gasteiger partial charge on any atom is 0.270 e. The van der Waals surface area contributed by atoms with E-state index in [9.17, 15) is 19.7 Å². The standard InChI is InChI=1S/C17H13BrN2O4/c18-11-7-8(20(23)24)1-4-12(11)19-15(21)13-9-2-3-10(14(13)16(19)22)17(9)5-6-17/h1-4,7,9-10,13-14H,5-6H2/t9-,10-,13-,14-/m1/s1. The van der Waals surface area contributed by atoms with Gasteiger partial charge in [-0.3, -0.25) is 19.7 Å². The van der Waals surface area contributed by atoms with Crippen molar-refractivity contribution in [3.05, 3.63) is 44.9 Å². The summed E-state index contributed by atoms with van der Waals surface area (Å²) in [5.74, 6) is -0.518. The molecule has 7 heteroatoms. The number of carbonyl (C=O) groups is 2. The molecule has 24 heavy (non-hydrogen) atoms. The van der Waals surface area contributed by atoms with Crippen LogP contribution in [0.1, 0.15) is 12.8 Å². The Balaban J connectivity index is 1.55. The predicted octanol–water partition coefficient (Wildman–Crippen LogP) is 3.06. The fourth-order valence-corrected chi connectivity index (χ4v) is 5.65. The molecule has 1 heterocycles. The Morgan fingerprint density at radius 1 is 1.12 bits per heavy atom. The van der Waals surface area contributed by atoms with Crippen molar-refractivity contribution in [2.45, 2.75) is 12.8 Å². The molecule has 4 aliphatic rings. The second-order valence-electron chi connectivity index (χ2n) is 7.13. The highest BCUT2D eigenvalue weighted by atomic mass is 79.9. The first-order valence-electron chi connectivity index (χ1n) is 7.96. The van der Waals surface area contributed by atoms with Gasteiger partial charge in [-0.25, -0.2) is 4.90 Å². The minimum absolute atomic E-state index is 0.0800. The van der Waals surface area contributed by atoms with E-state index in [2.05, 4.69) is 28.1 Å². The Hall–Kier alpha value is -2.02. The van der Waals surface area contributed by atoms with Crippen LogP contribution in [0.3, 0.4) is 0 Å². The number of carbonyl (C=O) groups excluding carboxylic acids is 2. The maximum absolute atomic E-state index is 13.0. The number of fused-ring (bicyclic) bond motifs is 3. The second-order valence-corrected chi connectivity index (χ2v) is 7.98. The number of non-ortho nitro benzene ring substituents is 1. The summed E-state index contributed by atoms with van der Waals surface area (Å²) in [6.07, 6.45) is 6.45. The van der Waals surface area contributed by atoms with Gasteiger partial charge in [0.25, 0.3) is 5.69 Å². The van der Waals surface area contributed by atoms with Crippen LogP contribution < -0.4 is 4.90 Å². The molecule has 1 aromatic carbocycles. The summed E-state index contributed by atoms with van der Waals surface area (Å²) in [4.78, 5) is 37.6. The Bertz CT molecular complexity index is 826. The first kappa shape index (κ1) is 14.3. The number of rotatable bonds is 2. The van der Waals surface area contributed by atoms with E-state index in [1.54, 1.807) is 0 Å². The number of nitro groups is 1. The molecule has 1 spiro atoms. The van der Waals surface area contributed by atoms with Crippen molar-refractivity contribution in [1.82, 2.24) is 0 Å². The average molecular weight is 389 g/mol. The number of nitro benzene ring substituents is 1. The molecule has 0 N–H and O–H groups in total. The molecule has 3 fully saturated rings. The van der Waals surface area contributed by atoms with E-state index in [0.717, 1.165) is 12.8 Å². The van der Waals surface area contributed by atoms with Gasteiger partial charge < -0.3 is 0 Å². The van der Waals surface area contributed by atoms with Crippen molar-refractivity contribution in [1.29, 1.82) is 0 Å². The lowest BCUT2D eigenvalue weighted by molar-refractivity contribution is -0.384. The van der Waals surface area contributed by atoms with Gasteiger partial charge in [0, 0.05) is 16.6 Å². The highest BCUT2D eigenvalue weighted by Crippen LogP contribution is 2.73. The topological polar surface area (TPSA) is 80.5 Å². The van der Waals surface area contributed by atoms with Gasteiger partial charge in [-0.2, -0.15) is 0 Å². The van der Waals surface area contributed by atoms with Gasteiger partial charge >= 0.3 is 0 Å². The summed E-state index contributed by atoms with van der Waals surface area (Å²) in [6, 6.07) is 4.13. The minimum Gasteiger partial charge on any atom is -0.274 e. The molecule has 1 aliphatic heterocycles. The third kappa shape index (κ3) is 1.51. The van der Waals surface area contributed by atoms with E-state index in [4.69, 9.17) is 0 Å². The normalized spacial score (nSPS) is 34.3. The molecule has 5 rings (SSSR count). The minimum atomic E-state index is -0.502. The molecule has 0 radical (unpaired) electrons. The average Bonchev–Trinajstić information content (AvgIpc) is 3.14. The number of allylic oxidation sites excluding steroid dienone is 2. The summed E-state index contributed by atoms with van der Waals surface area (Å²) < 4.78 is 0.389. The first-order valence-corrected chi connectivity index (χ1v) is 8.75. The maximum atomic E-state index is 13.0. The number of benzene rings is 1. The number of amides is 2. The summed E-state index contributed by atoms with van der Waals surface area (Å²) in [5, 5.41) is 10.9. The molecule has 6 nitrogen and oxygen atoms in total. The van der Waals surface area contributed by atoms with E-state index in [1.807, 2.05) is 0 Å². The molecule has 0 aromatic heterocycles.